The predicted molar refractivity (Wildman–Crippen MR) is 44.0 cm³/mol. The molecule has 0 aliphatic rings. The molecule has 6 heteroatoms. The summed E-state index contributed by atoms with van der Waals surface area (Å²) in [5.74, 6) is -2.53. The van der Waals surface area contributed by atoms with Gasteiger partial charge >= 0.3 is 6.18 Å². The number of halogens is 5. The topological polar surface area (TPSA) is 26.0 Å². The Morgan fingerprint density at radius 3 is 2.33 bits per heavy atom. The van der Waals surface area contributed by atoms with Crippen molar-refractivity contribution < 1.29 is 22.0 Å². The van der Waals surface area contributed by atoms with Crippen molar-refractivity contribution in [3.8, 4) is 0 Å². The van der Waals surface area contributed by atoms with Gasteiger partial charge in [0.25, 0.3) is 0 Å². The van der Waals surface area contributed by atoms with Crippen LogP contribution in [0.4, 0.5) is 22.0 Å². The fourth-order valence-corrected chi connectivity index (χ4v) is 1.17. The smallest absolute Gasteiger partial charge is 0.324 e. The van der Waals surface area contributed by atoms with Crippen molar-refractivity contribution in [2.75, 3.05) is 0 Å². The van der Waals surface area contributed by atoms with Crippen molar-refractivity contribution >= 4 is 0 Å². The van der Waals surface area contributed by atoms with E-state index < -0.39 is 35.8 Å². The highest BCUT2D eigenvalue weighted by molar-refractivity contribution is 5.22. The summed E-state index contributed by atoms with van der Waals surface area (Å²) in [7, 11) is 0. The van der Waals surface area contributed by atoms with Crippen LogP contribution < -0.4 is 5.73 Å². The molecular weight excluding hydrogens is 217 g/mol. The summed E-state index contributed by atoms with van der Waals surface area (Å²) in [6, 6.07) is 1.39. The van der Waals surface area contributed by atoms with E-state index >= 15 is 0 Å². The van der Waals surface area contributed by atoms with Crippen LogP contribution in [0.5, 0.6) is 0 Å². The molecule has 84 valence electrons. The van der Waals surface area contributed by atoms with E-state index in [1.807, 2.05) is 0 Å². The van der Waals surface area contributed by atoms with Gasteiger partial charge in [-0.1, -0.05) is 12.1 Å². The minimum absolute atomic E-state index is 0.465. The number of hydrogen-bond donors (Lipinski definition) is 1. The van der Waals surface area contributed by atoms with Gasteiger partial charge < -0.3 is 5.73 Å². The van der Waals surface area contributed by atoms with Crippen molar-refractivity contribution in [3.63, 3.8) is 0 Å². The molecule has 0 fully saturated rings. The first kappa shape index (κ1) is 11.9. The van der Waals surface area contributed by atoms with E-state index in [1.165, 1.54) is 0 Å². The van der Waals surface area contributed by atoms with E-state index in [9.17, 15) is 22.0 Å². The van der Waals surface area contributed by atoms with Gasteiger partial charge in [-0.15, -0.1) is 0 Å². The molecule has 0 aromatic heterocycles. The molecule has 2 N–H and O–H groups in total. The highest BCUT2D eigenvalue weighted by atomic mass is 19.4. The molecule has 0 spiro atoms. The Labute approximate surface area is 82.7 Å². The average Bonchev–Trinajstić information content (AvgIpc) is 2.06. The summed E-state index contributed by atoms with van der Waals surface area (Å²) >= 11 is 0. The first-order chi connectivity index (χ1) is 6.81. The Hall–Kier alpha value is -1.17. The minimum atomic E-state index is -4.50. The molecule has 0 unspecified atom stereocenters. The first-order valence-electron chi connectivity index (χ1n) is 4.07. The van der Waals surface area contributed by atoms with E-state index in [-0.39, 0.29) is 0 Å². The largest absolute Gasteiger partial charge is 0.390 e. The summed E-state index contributed by atoms with van der Waals surface area (Å²) in [4.78, 5) is 0. The molecule has 0 radical (unpaired) electrons. The molecule has 1 rings (SSSR count). The van der Waals surface area contributed by atoms with Gasteiger partial charge in [0.1, 0.15) is 0 Å². The second kappa shape index (κ2) is 4.14. The van der Waals surface area contributed by atoms with Gasteiger partial charge in [-0.3, -0.25) is 0 Å². The summed E-state index contributed by atoms with van der Waals surface area (Å²) in [5.41, 5.74) is 4.66. The summed E-state index contributed by atoms with van der Waals surface area (Å²) < 4.78 is 61.4. The fraction of sp³-hybridized carbons (Fsp3) is 0.333. The first-order valence-corrected chi connectivity index (χ1v) is 4.07. The van der Waals surface area contributed by atoms with Crippen LogP contribution in [0.2, 0.25) is 0 Å². The second-order valence-corrected chi connectivity index (χ2v) is 3.07. The van der Waals surface area contributed by atoms with Crippen LogP contribution in [0, 0.1) is 11.6 Å². The summed E-state index contributed by atoms with van der Waals surface area (Å²) in [5, 5.41) is 0. The third-order valence-electron chi connectivity index (χ3n) is 1.83. The van der Waals surface area contributed by atoms with Gasteiger partial charge in [-0.25, -0.2) is 8.78 Å². The zero-order valence-corrected chi connectivity index (χ0v) is 7.48. The summed E-state index contributed by atoms with van der Waals surface area (Å²) in [6.07, 6.45) is -5.88. The number of alkyl halides is 3. The SMILES string of the molecule is N[C@H](CC(F)(F)F)c1cccc(F)c1F. The molecule has 1 aromatic rings. The van der Waals surface area contributed by atoms with E-state index in [1.54, 1.807) is 0 Å². The Morgan fingerprint density at radius 1 is 1.20 bits per heavy atom. The summed E-state index contributed by atoms with van der Waals surface area (Å²) in [6.45, 7) is 0. The maximum atomic E-state index is 13.0. The van der Waals surface area contributed by atoms with Crippen molar-refractivity contribution in [1.29, 1.82) is 0 Å². The van der Waals surface area contributed by atoms with E-state index in [4.69, 9.17) is 5.73 Å². The molecule has 0 aliphatic carbocycles. The molecule has 0 bridgehead atoms. The molecule has 15 heavy (non-hydrogen) atoms. The zero-order valence-electron chi connectivity index (χ0n) is 7.48. The van der Waals surface area contributed by atoms with Crippen LogP contribution in [0.1, 0.15) is 18.0 Å². The van der Waals surface area contributed by atoms with Crippen molar-refractivity contribution in [3.05, 3.63) is 35.4 Å². The molecule has 1 aromatic carbocycles. The van der Waals surface area contributed by atoms with Crippen LogP contribution in [0.25, 0.3) is 0 Å². The Morgan fingerprint density at radius 2 is 1.80 bits per heavy atom. The number of nitrogens with two attached hydrogens (primary N) is 1. The van der Waals surface area contributed by atoms with Crippen LogP contribution in [-0.2, 0) is 0 Å². The lowest BCUT2D eigenvalue weighted by atomic mass is 10.0. The van der Waals surface area contributed by atoms with Gasteiger partial charge in [0.05, 0.1) is 6.42 Å². The molecule has 0 aliphatic heterocycles. The van der Waals surface area contributed by atoms with E-state index in [2.05, 4.69) is 0 Å². The average molecular weight is 225 g/mol. The molecule has 0 saturated carbocycles. The molecule has 0 amide bonds. The van der Waals surface area contributed by atoms with Gasteiger partial charge in [-0.05, 0) is 6.07 Å². The Bertz CT molecular complexity index is 347. The lowest BCUT2D eigenvalue weighted by molar-refractivity contribution is -0.138. The third-order valence-corrected chi connectivity index (χ3v) is 1.83. The van der Waals surface area contributed by atoms with E-state index in [0.29, 0.717) is 0 Å². The third kappa shape index (κ3) is 3.16. The van der Waals surface area contributed by atoms with Crippen LogP contribution in [-0.4, -0.2) is 6.18 Å². The maximum absolute atomic E-state index is 13.0. The van der Waals surface area contributed by atoms with Crippen molar-refractivity contribution in [1.82, 2.24) is 0 Å². The maximum Gasteiger partial charge on any atom is 0.390 e. The molecule has 1 atom stereocenters. The fourth-order valence-electron chi connectivity index (χ4n) is 1.17. The lowest BCUT2D eigenvalue weighted by Crippen LogP contribution is -2.21. The quantitative estimate of drug-likeness (QED) is 0.769. The standard InChI is InChI=1S/C9H8F5N/c10-6-3-1-2-5(8(6)11)7(15)4-9(12,13)14/h1-3,7H,4,15H2/t7-/m1/s1. The van der Waals surface area contributed by atoms with Gasteiger partial charge in [0.2, 0.25) is 0 Å². The monoisotopic (exact) mass is 225 g/mol. The normalized spacial score (nSPS) is 14.0. The second-order valence-electron chi connectivity index (χ2n) is 3.07. The highest BCUT2D eigenvalue weighted by Gasteiger charge is 2.32. The highest BCUT2D eigenvalue weighted by Crippen LogP contribution is 2.29. The molecule has 0 saturated heterocycles. The predicted octanol–water partition coefficient (Wildman–Crippen LogP) is 2.92. The molecular formula is C9H8F5N. The zero-order chi connectivity index (χ0) is 11.6. The Balaban J connectivity index is 2.92. The van der Waals surface area contributed by atoms with Crippen LogP contribution in [0.15, 0.2) is 18.2 Å². The van der Waals surface area contributed by atoms with Gasteiger partial charge in [0.15, 0.2) is 11.6 Å². The van der Waals surface area contributed by atoms with Gasteiger partial charge in [-0.2, -0.15) is 13.2 Å². The molecule has 0 heterocycles. The van der Waals surface area contributed by atoms with E-state index in [0.717, 1.165) is 18.2 Å². The Kier molecular flexibility index (Phi) is 3.28. The molecule has 1 nitrogen and oxygen atoms in total. The number of benzene rings is 1. The van der Waals surface area contributed by atoms with Crippen LogP contribution in [0.3, 0.4) is 0 Å². The van der Waals surface area contributed by atoms with Crippen molar-refractivity contribution in [2.24, 2.45) is 5.73 Å². The van der Waals surface area contributed by atoms with Gasteiger partial charge in [0, 0.05) is 11.6 Å². The minimum Gasteiger partial charge on any atom is -0.324 e. The van der Waals surface area contributed by atoms with Crippen LogP contribution >= 0.6 is 0 Å². The number of rotatable bonds is 2. The van der Waals surface area contributed by atoms with Crippen molar-refractivity contribution in [2.45, 2.75) is 18.6 Å². The lowest BCUT2D eigenvalue weighted by Gasteiger charge is -2.15. The number of hydrogen-bond acceptors (Lipinski definition) is 1.